The molecule has 1 atom stereocenters. The number of hydrogen-bond acceptors (Lipinski definition) is 1. The number of para-hydroxylation sites is 1. The summed E-state index contributed by atoms with van der Waals surface area (Å²) in [5.74, 6) is 0. The Morgan fingerprint density at radius 2 is 2.23 bits per heavy atom. The Hall–Kier alpha value is -1.28. The van der Waals surface area contributed by atoms with Crippen molar-refractivity contribution in [2.75, 3.05) is 6.61 Å². The molecule has 2 aromatic rings. The number of aromatic nitrogens is 1. The first-order valence-electron chi connectivity index (χ1n) is 4.52. The molecule has 13 heavy (non-hydrogen) atoms. The average molecular weight is 173 g/mol. The molecule has 0 spiro atoms. The predicted molar refractivity (Wildman–Crippen MR) is 51.6 cm³/mol. The molecule has 66 valence electrons. The predicted octanol–water partition coefficient (Wildman–Crippen LogP) is 2.25. The molecule has 1 aromatic carbocycles. The average Bonchev–Trinajstić information content (AvgIpc) is 2.92. The van der Waals surface area contributed by atoms with E-state index in [1.807, 2.05) is 0 Å². The van der Waals surface area contributed by atoms with Gasteiger partial charge in [-0.1, -0.05) is 18.2 Å². The Labute approximate surface area is 76.7 Å². The van der Waals surface area contributed by atoms with Gasteiger partial charge < -0.3 is 9.30 Å². The highest BCUT2D eigenvalue weighted by atomic mass is 16.6. The topological polar surface area (TPSA) is 17.5 Å². The Morgan fingerprint density at radius 3 is 3.00 bits per heavy atom. The quantitative estimate of drug-likeness (QED) is 0.604. The Morgan fingerprint density at radius 1 is 1.38 bits per heavy atom. The van der Waals surface area contributed by atoms with Crippen molar-refractivity contribution in [3.05, 3.63) is 36.0 Å². The molecular formula is C11H11NO. The van der Waals surface area contributed by atoms with E-state index in [1.54, 1.807) is 0 Å². The third-order valence-electron chi connectivity index (χ3n) is 2.61. The van der Waals surface area contributed by atoms with Crippen molar-refractivity contribution in [2.45, 2.75) is 6.10 Å². The molecule has 0 saturated carbocycles. The third kappa shape index (κ3) is 0.988. The molecule has 1 aliphatic heterocycles. The van der Waals surface area contributed by atoms with E-state index in [0.29, 0.717) is 6.10 Å². The minimum absolute atomic E-state index is 0.345. The van der Waals surface area contributed by atoms with Gasteiger partial charge in [0.25, 0.3) is 0 Å². The van der Waals surface area contributed by atoms with E-state index in [-0.39, 0.29) is 0 Å². The van der Waals surface area contributed by atoms with Crippen LogP contribution in [0.5, 0.6) is 0 Å². The number of hydrogen-bond donors (Lipinski definition) is 0. The first kappa shape index (κ1) is 7.15. The highest BCUT2D eigenvalue weighted by molar-refractivity contribution is 5.83. The van der Waals surface area contributed by atoms with Gasteiger partial charge in [-0.05, 0) is 11.5 Å². The minimum atomic E-state index is 0.345. The Bertz CT molecular complexity index is 454. The Balaban J connectivity index is 2.36. The maximum atomic E-state index is 5.31. The second-order valence-corrected chi connectivity index (χ2v) is 3.53. The van der Waals surface area contributed by atoms with Crippen LogP contribution in [0.3, 0.4) is 0 Å². The van der Waals surface area contributed by atoms with Crippen LogP contribution in [0.15, 0.2) is 30.5 Å². The van der Waals surface area contributed by atoms with Crippen molar-refractivity contribution >= 4 is 10.9 Å². The molecule has 0 amide bonds. The highest BCUT2D eigenvalue weighted by Gasteiger charge is 2.27. The molecule has 1 aliphatic rings. The molecule has 3 rings (SSSR count). The van der Waals surface area contributed by atoms with E-state index in [1.165, 1.54) is 16.5 Å². The van der Waals surface area contributed by atoms with Crippen LogP contribution in [-0.4, -0.2) is 11.2 Å². The number of fused-ring (bicyclic) bond motifs is 1. The Kier molecular flexibility index (Phi) is 1.30. The minimum Gasteiger partial charge on any atom is -0.368 e. The number of aryl methyl sites for hydroxylation is 1. The van der Waals surface area contributed by atoms with Gasteiger partial charge in [-0.25, -0.2) is 0 Å². The van der Waals surface area contributed by atoms with Crippen molar-refractivity contribution in [3.63, 3.8) is 0 Å². The second kappa shape index (κ2) is 2.36. The summed E-state index contributed by atoms with van der Waals surface area (Å²) in [6, 6.07) is 8.53. The van der Waals surface area contributed by atoms with Gasteiger partial charge >= 0.3 is 0 Å². The third-order valence-corrected chi connectivity index (χ3v) is 2.61. The normalized spacial score (nSPS) is 20.8. The summed E-state index contributed by atoms with van der Waals surface area (Å²) in [6.07, 6.45) is 2.44. The fourth-order valence-electron chi connectivity index (χ4n) is 1.88. The molecule has 2 heteroatoms. The van der Waals surface area contributed by atoms with E-state index < -0.39 is 0 Å². The maximum Gasteiger partial charge on any atom is 0.108 e. The van der Waals surface area contributed by atoms with Gasteiger partial charge in [0.15, 0.2) is 0 Å². The number of nitrogens with zero attached hydrogens (tertiary/aromatic N) is 1. The van der Waals surface area contributed by atoms with Crippen LogP contribution in [0.25, 0.3) is 10.9 Å². The summed E-state index contributed by atoms with van der Waals surface area (Å²) >= 11 is 0. The highest BCUT2D eigenvalue weighted by Crippen LogP contribution is 2.34. The lowest BCUT2D eigenvalue weighted by molar-refractivity contribution is 0.416. The van der Waals surface area contributed by atoms with Gasteiger partial charge in [0, 0.05) is 18.8 Å². The van der Waals surface area contributed by atoms with E-state index in [4.69, 9.17) is 4.74 Å². The zero-order valence-corrected chi connectivity index (χ0v) is 7.53. The van der Waals surface area contributed by atoms with Crippen LogP contribution in [0, 0.1) is 0 Å². The molecule has 1 aromatic heterocycles. The van der Waals surface area contributed by atoms with Crippen molar-refractivity contribution < 1.29 is 4.74 Å². The number of benzene rings is 1. The van der Waals surface area contributed by atoms with Crippen LogP contribution in [-0.2, 0) is 11.8 Å². The molecule has 0 radical (unpaired) electrons. The van der Waals surface area contributed by atoms with Gasteiger partial charge in [0.1, 0.15) is 6.10 Å². The second-order valence-electron chi connectivity index (χ2n) is 3.53. The molecule has 0 unspecified atom stereocenters. The molecule has 2 heterocycles. The van der Waals surface area contributed by atoms with E-state index >= 15 is 0 Å². The van der Waals surface area contributed by atoms with Crippen molar-refractivity contribution in [1.82, 2.24) is 4.57 Å². The molecule has 2 nitrogen and oxygen atoms in total. The number of ether oxygens (including phenoxy) is 1. The van der Waals surface area contributed by atoms with Crippen LogP contribution in [0.2, 0.25) is 0 Å². The number of epoxide rings is 1. The fourth-order valence-corrected chi connectivity index (χ4v) is 1.88. The van der Waals surface area contributed by atoms with Crippen LogP contribution in [0.1, 0.15) is 11.7 Å². The summed E-state index contributed by atoms with van der Waals surface area (Å²) in [6.45, 7) is 0.879. The fraction of sp³-hybridized carbons (Fsp3) is 0.273. The van der Waals surface area contributed by atoms with Crippen molar-refractivity contribution in [2.24, 2.45) is 7.05 Å². The van der Waals surface area contributed by atoms with Gasteiger partial charge in [-0.2, -0.15) is 0 Å². The lowest BCUT2D eigenvalue weighted by Gasteiger charge is -2.02. The van der Waals surface area contributed by atoms with Crippen LogP contribution >= 0.6 is 0 Å². The lowest BCUT2D eigenvalue weighted by Crippen LogP contribution is -1.90. The molecule has 0 bridgehead atoms. The maximum absolute atomic E-state index is 5.31. The largest absolute Gasteiger partial charge is 0.368 e. The molecule has 1 fully saturated rings. The van der Waals surface area contributed by atoms with E-state index in [0.717, 1.165) is 6.61 Å². The SMILES string of the molecule is Cn1ccc2cccc([C@H]3CO3)c21. The first-order valence-corrected chi connectivity index (χ1v) is 4.52. The molecule has 1 saturated heterocycles. The standard InChI is InChI=1S/C11H11NO/c1-12-6-5-8-3-2-4-9(11(8)12)10-7-13-10/h2-6,10H,7H2,1H3/t10-/m1/s1. The first-order chi connectivity index (χ1) is 6.36. The van der Waals surface area contributed by atoms with Gasteiger partial charge in [-0.15, -0.1) is 0 Å². The molecule has 0 aliphatic carbocycles. The summed E-state index contributed by atoms with van der Waals surface area (Å²) in [5, 5.41) is 1.30. The summed E-state index contributed by atoms with van der Waals surface area (Å²) in [7, 11) is 2.08. The smallest absolute Gasteiger partial charge is 0.108 e. The van der Waals surface area contributed by atoms with Crippen molar-refractivity contribution in [3.8, 4) is 0 Å². The van der Waals surface area contributed by atoms with Gasteiger partial charge in [-0.3, -0.25) is 0 Å². The zero-order valence-electron chi connectivity index (χ0n) is 7.53. The monoisotopic (exact) mass is 173 g/mol. The summed E-state index contributed by atoms with van der Waals surface area (Å²) in [5.41, 5.74) is 2.63. The van der Waals surface area contributed by atoms with Gasteiger partial charge in [0.05, 0.1) is 12.1 Å². The molecular weight excluding hydrogens is 162 g/mol. The van der Waals surface area contributed by atoms with Crippen molar-refractivity contribution in [1.29, 1.82) is 0 Å². The molecule has 0 N–H and O–H groups in total. The number of rotatable bonds is 1. The van der Waals surface area contributed by atoms with Crippen LogP contribution < -0.4 is 0 Å². The lowest BCUT2D eigenvalue weighted by atomic mass is 10.1. The van der Waals surface area contributed by atoms with Gasteiger partial charge in [0.2, 0.25) is 0 Å². The van der Waals surface area contributed by atoms with E-state index in [9.17, 15) is 0 Å². The zero-order chi connectivity index (χ0) is 8.84. The van der Waals surface area contributed by atoms with E-state index in [2.05, 4.69) is 42.1 Å². The summed E-state index contributed by atoms with van der Waals surface area (Å²) < 4.78 is 7.47. The van der Waals surface area contributed by atoms with Crippen LogP contribution in [0.4, 0.5) is 0 Å². The summed E-state index contributed by atoms with van der Waals surface area (Å²) in [4.78, 5) is 0.